The maximum absolute atomic E-state index is 12.6. The van der Waals surface area contributed by atoms with Crippen LogP contribution in [0.3, 0.4) is 0 Å². The van der Waals surface area contributed by atoms with Crippen molar-refractivity contribution in [1.29, 1.82) is 0 Å². The van der Waals surface area contributed by atoms with Crippen molar-refractivity contribution < 1.29 is 4.79 Å². The standard InChI is InChI=1S/C25H38ClN5O/c1-3-29-13-15-30(16-14-29)10-4-9-27-25(32)20-7-11-31(12-8-20)19-21-18-28(2)24-6-5-22(26)17-23(21)24/h5-6,17-18,20H,3-4,7-16,19H2,1-2H3,(H,27,32). The fraction of sp³-hybridized carbons (Fsp3) is 0.640. The summed E-state index contributed by atoms with van der Waals surface area (Å²) in [6, 6.07) is 6.10. The molecule has 32 heavy (non-hydrogen) atoms. The van der Waals surface area contributed by atoms with Gasteiger partial charge in [0.25, 0.3) is 0 Å². The first kappa shape index (κ1) is 23.6. The number of aryl methyl sites for hydroxylation is 1. The second-order valence-corrected chi connectivity index (χ2v) is 9.83. The van der Waals surface area contributed by atoms with Crippen LogP contribution >= 0.6 is 11.6 Å². The summed E-state index contributed by atoms with van der Waals surface area (Å²) in [7, 11) is 2.08. The topological polar surface area (TPSA) is 43.8 Å². The quantitative estimate of drug-likeness (QED) is 0.616. The predicted octanol–water partition coefficient (Wildman–Crippen LogP) is 3.19. The third kappa shape index (κ3) is 5.84. The molecule has 0 atom stereocenters. The molecule has 1 amide bonds. The summed E-state index contributed by atoms with van der Waals surface area (Å²) in [6.07, 6.45) is 5.13. The number of aromatic nitrogens is 1. The largest absolute Gasteiger partial charge is 0.356 e. The molecule has 2 saturated heterocycles. The number of benzene rings is 1. The number of rotatable bonds is 8. The van der Waals surface area contributed by atoms with E-state index in [0.717, 1.165) is 76.6 Å². The number of amides is 1. The Kier molecular flexibility index (Phi) is 8.11. The minimum Gasteiger partial charge on any atom is -0.356 e. The van der Waals surface area contributed by atoms with E-state index in [2.05, 4.69) is 56.9 Å². The Morgan fingerprint density at radius 1 is 1.06 bits per heavy atom. The van der Waals surface area contributed by atoms with Gasteiger partial charge in [-0.25, -0.2) is 0 Å². The predicted molar refractivity (Wildman–Crippen MR) is 132 cm³/mol. The van der Waals surface area contributed by atoms with E-state index < -0.39 is 0 Å². The highest BCUT2D eigenvalue weighted by Gasteiger charge is 2.25. The highest BCUT2D eigenvalue weighted by atomic mass is 35.5. The Bertz CT molecular complexity index is 897. The number of piperazine rings is 1. The lowest BCUT2D eigenvalue weighted by Crippen LogP contribution is -2.46. The molecule has 2 aliphatic heterocycles. The number of likely N-dealkylation sites (tertiary alicyclic amines) is 1. The van der Waals surface area contributed by atoms with Crippen LogP contribution in [0.15, 0.2) is 24.4 Å². The lowest BCUT2D eigenvalue weighted by Gasteiger charge is -2.34. The fourth-order valence-corrected chi connectivity index (χ4v) is 5.33. The van der Waals surface area contributed by atoms with Crippen LogP contribution in [0.1, 0.15) is 31.7 Å². The maximum atomic E-state index is 12.6. The van der Waals surface area contributed by atoms with Crippen LogP contribution in [-0.4, -0.2) is 84.1 Å². The van der Waals surface area contributed by atoms with Crippen molar-refractivity contribution in [3.63, 3.8) is 0 Å². The van der Waals surface area contributed by atoms with Gasteiger partial charge in [-0.1, -0.05) is 18.5 Å². The van der Waals surface area contributed by atoms with Gasteiger partial charge in [0.15, 0.2) is 0 Å². The summed E-state index contributed by atoms with van der Waals surface area (Å²) < 4.78 is 2.17. The van der Waals surface area contributed by atoms with Crippen molar-refractivity contribution >= 4 is 28.4 Å². The first-order valence-corrected chi connectivity index (χ1v) is 12.6. The molecular weight excluding hydrogens is 422 g/mol. The lowest BCUT2D eigenvalue weighted by atomic mass is 9.95. The molecule has 4 rings (SSSR count). The summed E-state index contributed by atoms with van der Waals surface area (Å²) in [4.78, 5) is 20.1. The lowest BCUT2D eigenvalue weighted by molar-refractivity contribution is -0.126. The molecule has 0 radical (unpaired) electrons. The Balaban J connectivity index is 1.16. The van der Waals surface area contributed by atoms with Crippen LogP contribution in [0.4, 0.5) is 0 Å². The van der Waals surface area contributed by atoms with Crippen LogP contribution < -0.4 is 5.32 Å². The van der Waals surface area contributed by atoms with Gasteiger partial charge in [-0.3, -0.25) is 9.69 Å². The number of hydrogen-bond donors (Lipinski definition) is 1. The SMILES string of the molecule is CCN1CCN(CCCNC(=O)C2CCN(Cc3cn(C)c4ccc(Cl)cc34)CC2)CC1. The van der Waals surface area contributed by atoms with Gasteiger partial charge in [0.2, 0.25) is 5.91 Å². The van der Waals surface area contributed by atoms with E-state index >= 15 is 0 Å². The first-order valence-electron chi connectivity index (χ1n) is 12.2. The number of halogens is 1. The van der Waals surface area contributed by atoms with Crippen molar-refractivity contribution in [3.8, 4) is 0 Å². The Hall–Kier alpha value is -1.60. The van der Waals surface area contributed by atoms with Gasteiger partial charge in [-0.15, -0.1) is 0 Å². The Labute approximate surface area is 197 Å². The zero-order valence-electron chi connectivity index (χ0n) is 19.7. The van der Waals surface area contributed by atoms with Gasteiger partial charge < -0.3 is 19.7 Å². The normalized spacial score (nSPS) is 19.6. The van der Waals surface area contributed by atoms with Crippen molar-refractivity contribution in [2.45, 2.75) is 32.7 Å². The number of nitrogens with zero attached hydrogens (tertiary/aromatic N) is 4. The molecule has 0 aliphatic carbocycles. The number of fused-ring (bicyclic) bond motifs is 1. The van der Waals surface area contributed by atoms with E-state index in [-0.39, 0.29) is 11.8 Å². The van der Waals surface area contributed by atoms with E-state index in [9.17, 15) is 4.79 Å². The second-order valence-electron chi connectivity index (χ2n) is 9.40. The molecule has 1 aromatic heterocycles. The van der Waals surface area contributed by atoms with E-state index in [1.807, 2.05) is 6.07 Å². The summed E-state index contributed by atoms with van der Waals surface area (Å²) in [5.74, 6) is 0.402. The van der Waals surface area contributed by atoms with Gasteiger partial charge in [-0.05, 0) is 69.2 Å². The number of carbonyl (C=O) groups is 1. The van der Waals surface area contributed by atoms with Crippen molar-refractivity contribution in [2.75, 3.05) is 58.9 Å². The van der Waals surface area contributed by atoms with Gasteiger partial charge in [0.05, 0.1) is 0 Å². The van der Waals surface area contributed by atoms with E-state index in [1.165, 1.54) is 29.6 Å². The van der Waals surface area contributed by atoms with Crippen molar-refractivity contribution in [1.82, 2.24) is 24.6 Å². The number of nitrogens with one attached hydrogen (secondary N) is 1. The molecule has 0 unspecified atom stereocenters. The summed E-state index contributed by atoms with van der Waals surface area (Å²) in [5, 5.41) is 5.21. The molecule has 7 heteroatoms. The molecule has 0 saturated carbocycles. The van der Waals surface area contributed by atoms with Gasteiger partial charge in [0.1, 0.15) is 0 Å². The summed E-state index contributed by atoms with van der Waals surface area (Å²) in [6.45, 7) is 12.8. The number of hydrogen-bond acceptors (Lipinski definition) is 4. The minimum atomic E-state index is 0.154. The molecule has 1 N–H and O–H groups in total. The Morgan fingerprint density at radius 2 is 1.78 bits per heavy atom. The third-order valence-electron chi connectivity index (χ3n) is 7.25. The summed E-state index contributed by atoms with van der Waals surface area (Å²) in [5.41, 5.74) is 2.53. The molecular formula is C25H38ClN5O. The number of piperidine rings is 1. The molecule has 2 fully saturated rings. The van der Waals surface area contributed by atoms with Crippen molar-refractivity contribution in [2.24, 2.45) is 13.0 Å². The molecule has 2 aromatic rings. The minimum absolute atomic E-state index is 0.154. The second kappa shape index (κ2) is 11.0. The maximum Gasteiger partial charge on any atom is 0.223 e. The third-order valence-corrected chi connectivity index (χ3v) is 7.48. The molecule has 2 aliphatic rings. The number of carbonyl (C=O) groups excluding carboxylic acids is 1. The van der Waals surface area contributed by atoms with E-state index in [0.29, 0.717) is 0 Å². The van der Waals surface area contributed by atoms with E-state index in [1.54, 1.807) is 0 Å². The fourth-order valence-electron chi connectivity index (χ4n) is 5.15. The molecule has 0 spiro atoms. The highest BCUT2D eigenvalue weighted by Crippen LogP contribution is 2.27. The average Bonchev–Trinajstić information content (AvgIpc) is 3.11. The van der Waals surface area contributed by atoms with Crippen LogP contribution in [0, 0.1) is 5.92 Å². The van der Waals surface area contributed by atoms with Crippen molar-refractivity contribution in [3.05, 3.63) is 35.0 Å². The Morgan fingerprint density at radius 3 is 2.50 bits per heavy atom. The molecule has 6 nitrogen and oxygen atoms in total. The summed E-state index contributed by atoms with van der Waals surface area (Å²) >= 11 is 6.23. The highest BCUT2D eigenvalue weighted by molar-refractivity contribution is 6.31. The molecule has 0 bridgehead atoms. The average molecular weight is 460 g/mol. The van der Waals surface area contributed by atoms with Crippen LogP contribution in [0.2, 0.25) is 5.02 Å². The zero-order chi connectivity index (χ0) is 22.5. The molecule has 3 heterocycles. The van der Waals surface area contributed by atoms with Gasteiger partial charge >= 0.3 is 0 Å². The van der Waals surface area contributed by atoms with Gasteiger partial charge in [-0.2, -0.15) is 0 Å². The zero-order valence-corrected chi connectivity index (χ0v) is 20.4. The van der Waals surface area contributed by atoms with Crippen LogP contribution in [0.5, 0.6) is 0 Å². The first-order chi connectivity index (χ1) is 15.5. The monoisotopic (exact) mass is 459 g/mol. The molecule has 176 valence electrons. The van der Waals surface area contributed by atoms with Crippen LogP contribution in [-0.2, 0) is 18.4 Å². The van der Waals surface area contributed by atoms with E-state index in [4.69, 9.17) is 11.6 Å². The number of likely N-dealkylation sites (N-methyl/N-ethyl adjacent to an activating group) is 1. The molecule has 1 aromatic carbocycles. The smallest absolute Gasteiger partial charge is 0.223 e. The van der Waals surface area contributed by atoms with Crippen LogP contribution in [0.25, 0.3) is 10.9 Å². The van der Waals surface area contributed by atoms with Gasteiger partial charge in [0, 0.05) is 74.4 Å².